The zero-order valence-corrected chi connectivity index (χ0v) is 27.0. The fraction of sp³-hybridized carbons (Fsp3) is 0.692. The quantitative estimate of drug-likeness (QED) is 0.193. The Morgan fingerprint density at radius 1 is 0.837 bits per heavy atom. The second-order valence-electron chi connectivity index (χ2n) is 15.1. The van der Waals surface area contributed by atoms with E-state index in [2.05, 4.69) is 45.9 Å². The van der Waals surface area contributed by atoms with E-state index in [1.54, 1.807) is 0 Å². The van der Waals surface area contributed by atoms with E-state index in [0.717, 1.165) is 37.0 Å². The fourth-order valence-corrected chi connectivity index (χ4v) is 9.20. The average molecular weight is 595 g/mol. The van der Waals surface area contributed by atoms with Crippen molar-refractivity contribution in [2.75, 3.05) is 0 Å². The van der Waals surface area contributed by atoms with E-state index in [9.17, 15) is 9.59 Å². The Balaban J connectivity index is 0.000000290. The van der Waals surface area contributed by atoms with Crippen molar-refractivity contribution in [3.05, 3.63) is 54.6 Å². The van der Waals surface area contributed by atoms with Gasteiger partial charge in [-0.15, -0.1) is 0 Å². The lowest BCUT2D eigenvalue weighted by atomic mass is 9.64. The van der Waals surface area contributed by atoms with Gasteiger partial charge in [-0.2, -0.15) is 0 Å². The molecule has 1 aromatic carbocycles. The molecule has 0 radical (unpaired) electrons. The number of fused-ring (bicyclic) bond motifs is 5. The number of carbonyl (C=O) groups is 2. The third-order valence-corrected chi connectivity index (χ3v) is 10.7. The predicted octanol–water partition coefficient (Wildman–Crippen LogP) is 10.3. The van der Waals surface area contributed by atoms with E-state index in [1.807, 2.05) is 71.0 Å². The highest BCUT2D eigenvalue weighted by atomic mass is 16.6. The molecule has 0 heterocycles. The SMILES string of the molecule is C.C.C/C=C/C1CC(C)C2C3CC(C12)C(C)(C(=O)OC(C)(C)C)C3.C/C=C/C1CC(C)CC1(C)C(=O)Oc1ccccc1. The van der Waals surface area contributed by atoms with Crippen molar-refractivity contribution >= 4 is 11.9 Å². The summed E-state index contributed by atoms with van der Waals surface area (Å²) >= 11 is 0. The third-order valence-electron chi connectivity index (χ3n) is 10.7. The number of rotatable bonds is 5. The molecule has 43 heavy (non-hydrogen) atoms. The molecule has 2 bridgehead atoms. The van der Waals surface area contributed by atoms with Gasteiger partial charge in [0.15, 0.2) is 0 Å². The second-order valence-corrected chi connectivity index (χ2v) is 15.1. The van der Waals surface area contributed by atoms with Crippen LogP contribution in [-0.2, 0) is 14.3 Å². The number of ether oxygens (including phenoxy) is 2. The highest BCUT2D eigenvalue weighted by molar-refractivity contribution is 5.80. The van der Waals surface area contributed by atoms with Gasteiger partial charge in [-0.3, -0.25) is 9.59 Å². The van der Waals surface area contributed by atoms with Gasteiger partial charge in [0.05, 0.1) is 10.8 Å². The first-order chi connectivity index (χ1) is 19.2. The Bertz CT molecular complexity index is 1130. The smallest absolute Gasteiger partial charge is 0.317 e. The number of carbonyl (C=O) groups excluding carboxylic acids is 2. The normalized spacial score (nSPS) is 37.7. The standard InChI is InChI=1S/C20H32O2.C17H22O2.2CH4/c1-7-8-13-9-12(2)16-14-10-15(17(13)16)20(6,11-14)18(21)22-19(3,4)5;1-4-8-14-11-13(2)12-17(14,3)16(18)19-15-9-6-5-7-10-15;;/h7-8,12-17H,9-11H2,1-6H3;4-10,13-14H,11-12H2,1-3H3;2*1H4/b8-7+;8-4+;;. The molecule has 5 rings (SSSR count). The second kappa shape index (κ2) is 14.2. The number of allylic oxidation sites excluding steroid dienone is 4. The maximum atomic E-state index is 12.9. The lowest BCUT2D eigenvalue weighted by Crippen LogP contribution is -2.44. The lowest BCUT2D eigenvalue weighted by molar-refractivity contribution is -0.172. The molecule has 0 aromatic heterocycles. The molecule has 0 N–H and O–H groups in total. The van der Waals surface area contributed by atoms with Crippen LogP contribution in [-0.4, -0.2) is 17.5 Å². The van der Waals surface area contributed by atoms with Crippen molar-refractivity contribution in [3.63, 3.8) is 0 Å². The minimum absolute atomic E-state index is 0. The first-order valence-corrected chi connectivity index (χ1v) is 16.0. The van der Waals surface area contributed by atoms with Gasteiger partial charge in [-0.25, -0.2) is 0 Å². The van der Waals surface area contributed by atoms with Crippen molar-refractivity contribution < 1.29 is 19.1 Å². The van der Waals surface area contributed by atoms with Crippen LogP contribution in [0, 0.1) is 58.2 Å². The lowest BCUT2D eigenvalue weighted by Gasteiger charge is -2.41. The number of esters is 2. The molecule has 10 atom stereocenters. The molecule has 4 aliphatic carbocycles. The molecule has 242 valence electrons. The van der Waals surface area contributed by atoms with Gasteiger partial charge in [0.25, 0.3) is 0 Å². The molecule has 4 heteroatoms. The molecule has 4 saturated carbocycles. The van der Waals surface area contributed by atoms with Crippen LogP contribution >= 0.6 is 0 Å². The molecule has 0 spiro atoms. The zero-order chi connectivity index (χ0) is 30.2. The van der Waals surface area contributed by atoms with Crippen molar-refractivity contribution in [2.45, 2.75) is 115 Å². The minimum atomic E-state index is -0.401. The predicted molar refractivity (Wildman–Crippen MR) is 180 cm³/mol. The molecule has 4 nitrogen and oxygen atoms in total. The highest BCUT2D eigenvalue weighted by Crippen LogP contribution is 2.68. The maximum absolute atomic E-state index is 12.9. The number of hydrogen-bond donors (Lipinski definition) is 0. The summed E-state index contributed by atoms with van der Waals surface area (Å²) in [6, 6.07) is 9.32. The van der Waals surface area contributed by atoms with Crippen molar-refractivity contribution in [2.24, 2.45) is 58.2 Å². The summed E-state index contributed by atoms with van der Waals surface area (Å²) in [5, 5.41) is 0. The Labute approximate surface area is 264 Å². The molecule has 4 fully saturated rings. The summed E-state index contributed by atoms with van der Waals surface area (Å²) < 4.78 is 11.3. The molecule has 4 aliphatic rings. The van der Waals surface area contributed by atoms with Crippen LogP contribution in [0.25, 0.3) is 0 Å². The van der Waals surface area contributed by atoms with Crippen LogP contribution < -0.4 is 4.74 Å². The van der Waals surface area contributed by atoms with E-state index < -0.39 is 5.41 Å². The van der Waals surface area contributed by atoms with Gasteiger partial charge in [-0.1, -0.05) is 71.2 Å². The Kier molecular flexibility index (Phi) is 12.1. The molecule has 1 aromatic rings. The van der Waals surface area contributed by atoms with Crippen LogP contribution in [0.4, 0.5) is 0 Å². The Morgan fingerprint density at radius 2 is 1.47 bits per heavy atom. The Hall–Kier alpha value is -2.36. The topological polar surface area (TPSA) is 52.6 Å². The largest absolute Gasteiger partial charge is 0.460 e. The first-order valence-electron chi connectivity index (χ1n) is 16.0. The monoisotopic (exact) mass is 594 g/mol. The third kappa shape index (κ3) is 7.48. The van der Waals surface area contributed by atoms with Crippen LogP contribution in [0.2, 0.25) is 0 Å². The van der Waals surface area contributed by atoms with Crippen LogP contribution in [0.1, 0.15) is 109 Å². The van der Waals surface area contributed by atoms with E-state index in [0.29, 0.717) is 29.4 Å². The van der Waals surface area contributed by atoms with Crippen LogP contribution in [0.5, 0.6) is 5.75 Å². The summed E-state index contributed by atoms with van der Waals surface area (Å²) in [5.41, 5.74) is -1.04. The fourth-order valence-electron chi connectivity index (χ4n) is 9.20. The Morgan fingerprint density at radius 3 is 2.05 bits per heavy atom. The minimum Gasteiger partial charge on any atom is -0.460 e. The van der Waals surface area contributed by atoms with Gasteiger partial charge >= 0.3 is 11.9 Å². The first kappa shape index (κ1) is 36.8. The van der Waals surface area contributed by atoms with E-state index in [-0.39, 0.29) is 43.7 Å². The number of hydrogen-bond acceptors (Lipinski definition) is 4. The van der Waals surface area contributed by atoms with E-state index in [1.165, 1.54) is 12.8 Å². The van der Waals surface area contributed by atoms with Crippen LogP contribution in [0.15, 0.2) is 54.6 Å². The van der Waals surface area contributed by atoms with Gasteiger partial charge < -0.3 is 9.47 Å². The number of benzene rings is 1. The summed E-state index contributed by atoms with van der Waals surface area (Å²) in [5.74, 6) is 5.68. The van der Waals surface area contributed by atoms with Crippen molar-refractivity contribution in [1.82, 2.24) is 0 Å². The van der Waals surface area contributed by atoms with E-state index in [4.69, 9.17) is 9.47 Å². The highest BCUT2D eigenvalue weighted by Gasteiger charge is 2.65. The number of para-hydroxylation sites is 1. The molecule has 0 saturated heterocycles. The van der Waals surface area contributed by atoms with Crippen LogP contribution in [0.3, 0.4) is 0 Å². The van der Waals surface area contributed by atoms with Gasteiger partial charge in [0, 0.05) is 0 Å². The van der Waals surface area contributed by atoms with Gasteiger partial charge in [-0.05, 0) is 140 Å². The van der Waals surface area contributed by atoms with Gasteiger partial charge in [0.1, 0.15) is 11.4 Å². The van der Waals surface area contributed by atoms with Gasteiger partial charge in [0.2, 0.25) is 0 Å². The molecule has 0 amide bonds. The zero-order valence-electron chi connectivity index (χ0n) is 27.0. The molecular weight excluding hydrogens is 532 g/mol. The molecular formula is C39H62O4. The maximum Gasteiger partial charge on any atom is 0.317 e. The van der Waals surface area contributed by atoms with Crippen molar-refractivity contribution in [3.8, 4) is 5.75 Å². The van der Waals surface area contributed by atoms with E-state index >= 15 is 0 Å². The van der Waals surface area contributed by atoms with Crippen molar-refractivity contribution in [1.29, 1.82) is 0 Å². The molecule has 0 aliphatic heterocycles. The summed E-state index contributed by atoms with van der Waals surface area (Å²) in [6.07, 6.45) is 14.3. The summed E-state index contributed by atoms with van der Waals surface area (Å²) in [7, 11) is 0. The summed E-state index contributed by atoms with van der Waals surface area (Å²) in [6.45, 7) is 18.9. The summed E-state index contributed by atoms with van der Waals surface area (Å²) in [4.78, 5) is 25.4. The molecule has 10 unspecified atom stereocenters. The average Bonchev–Trinajstić information content (AvgIpc) is 3.60.